The number of hydrogen-bond acceptors (Lipinski definition) is 5. The molecule has 3 heterocycles. The van der Waals surface area contributed by atoms with Crippen LogP contribution in [0.15, 0.2) is 59.1 Å². The molecular weight excluding hydrogens is 372 g/mol. The van der Waals surface area contributed by atoms with Gasteiger partial charge in [-0.2, -0.15) is 5.10 Å². The molecule has 7 heteroatoms. The fraction of sp³-hybridized carbons (Fsp3) is 0.143. The second-order valence-corrected chi connectivity index (χ2v) is 9.18. The molecule has 1 saturated carbocycles. The molecule has 0 atom stereocenters. The number of H-pyrrole nitrogens is 1. The van der Waals surface area contributed by atoms with Crippen LogP contribution in [0.25, 0.3) is 27.4 Å². The van der Waals surface area contributed by atoms with E-state index in [1.807, 2.05) is 30.3 Å². The van der Waals surface area contributed by atoms with Gasteiger partial charge in [-0.15, -0.1) is 0 Å². The van der Waals surface area contributed by atoms with Gasteiger partial charge in [0, 0.05) is 33.8 Å². The van der Waals surface area contributed by atoms with Gasteiger partial charge in [-0.25, -0.2) is 8.42 Å². The molecule has 1 fully saturated rings. The van der Waals surface area contributed by atoms with E-state index in [1.54, 1.807) is 18.5 Å². The molecule has 0 bridgehead atoms. The summed E-state index contributed by atoms with van der Waals surface area (Å²) in [6, 6.07) is 11.5. The summed E-state index contributed by atoms with van der Waals surface area (Å²) in [4.78, 5) is 4.88. The average Bonchev–Trinajstić information content (AvgIpc) is 3.36. The van der Waals surface area contributed by atoms with E-state index < -0.39 is 9.84 Å². The summed E-state index contributed by atoms with van der Waals surface area (Å²) in [5, 5.41) is 13.7. The number of aromatic nitrogens is 3. The molecule has 6 rings (SSSR count). The minimum atomic E-state index is -3.39. The molecule has 1 aliphatic heterocycles. The summed E-state index contributed by atoms with van der Waals surface area (Å²) in [7, 11) is -3.39. The minimum absolute atomic E-state index is 0.371. The van der Waals surface area contributed by atoms with Crippen molar-refractivity contribution in [3.05, 3.63) is 59.8 Å². The molecule has 0 saturated heterocycles. The maximum absolute atomic E-state index is 12.7. The van der Waals surface area contributed by atoms with Crippen molar-refractivity contribution in [1.29, 1.82) is 0 Å². The molecule has 28 heavy (non-hydrogen) atoms. The van der Waals surface area contributed by atoms with E-state index in [9.17, 15) is 8.42 Å². The Hall–Kier alpha value is -3.19. The van der Waals surface area contributed by atoms with Gasteiger partial charge in [0.15, 0.2) is 0 Å². The van der Waals surface area contributed by atoms with E-state index in [0.717, 1.165) is 57.2 Å². The third kappa shape index (κ3) is 2.36. The lowest BCUT2D eigenvalue weighted by Gasteiger charge is -2.12. The molecule has 138 valence electrons. The lowest BCUT2D eigenvalue weighted by atomic mass is 10.0. The molecule has 0 spiro atoms. The van der Waals surface area contributed by atoms with Crippen LogP contribution in [0.3, 0.4) is 0 Å². The monoisotopic (exact) mass is 388 g/mol. The number of nitrogens with zero attached hydrogens (tertiary/aromatic N) is 2. The van der Waals surface area contributed by atoms with Gasteiger partial charge in [-0.3, -0.25) is 10.1 Å². The van der Waals surface area contributed by atoms with Crippen molar-refractivity contribution in [2.45, 2.75) is 17.7 Å². The van der Waals surface area contributed by atoms with Crippen LogP contribution in [0.1, 0.15) is 18.4 Å². The summed E-state index contributed by atoms with van der Waals surface area (Å²) < 4.78 is 25.4. The Morgan fingerprint density at radius 1 is 1.11 bits per heavy atom. The number of aromatic amines is 1. The Labute approximate surface area is 161 Å². The summed E-state index contributed by atoms with van der Waals surface area (Å²) in [6.45, 7) is 0. The average molecular weight is 388 g/mol. The normalized spacial score (nSPS) is 17.6. The number of rotatable bonds is 3. The van der Waals surface area contributed by atoms with Crippen molar-refractivity contribution in [1.82, 2.24) is 15.2 Å². The van der Waals surface area contributed by atoms with Crippen LogP contribution < -0.4 is 5.32 Å². The van der Waals surface area contributed by atoms with Crippen molar-refractivity contribution < 1.29 is 8.42 Å². The van der Waals surface area contributed by atoms with Gasteiger partial charge in [-0.05, 0) is 66.3 Å². The first kappa shape index (κ1) is 15.8. The first-order valence-electron chi connectivity index (χ1n) is 9.18. The zero-order chi connectivity index (χ0) is 18.9. The highest BCUT2D eigenvalue weighted by Gasteiger charge is 2.36. The number of allylic oxidation sites excluding steroid dienone is 1. The Morgan fingerprint density at radius 3 is 2.86 bits per heavy atom. The van der Waals surface area contributed by atoms with Gasteiger partial charge in [-0.1, -0.05) is 0 Å². The van der Waals surface area contributed by atoms with E-state index >= 15 is 0 Å². The van der Waals surface area contributed by atoms with Gasteiger partial charge < -0.3 is 5.32 Å². The van der Waals surface area contributed by atoms with Gasteiger partial charge in [0.05, 0.1) is 22.1 Å². The molecule has 0 radical (unpaired) electrons. The fourth-order valence-electron chi connectivity index (χ4n) is 3.92. The largest absolute Gasteiger partial charge is 0.355 e. The van der Waals surface area contributed by atoms with Crippen molar-refractivity contribution in [3.63, 3.8) is 0 Å². The lowest BCUT2D eigenvalue weighted by molar-refractivity contribution is 0.605. The highest BCUT2D eigenvalue weighted by Crippen LogP contribution is 2.49. The zero-order valence-corrected chi connectivity index (χ0v) is 15.6. The molecule has 0 amide bonds. The summed E-state index contributed by atoms with van der Waals surface area (Å²) in [6.07, 6.45) is 5.64. The smallest absolute Gasteiger partial charge is 0.200 e. The maximum Gasteiger partial charge on any atom is 0.200 e. The summed E-state index contributed by atoms with van der Waals surface area (Å²) in [5.74, 6) is 0.371. The number of anilines is 2. The van der Waals surface area contributed by atoms with E-state index in [4.69, 9.17) is 0 Å². The number of fused-ring (bicyclic) bond motifs is 3. The molecule has 1 aliphatic carbocycles. The van der Waals surface area contributed by atoms with E-state index in [1.165, 1.54) is 5.41 Å². The second kappa shape index (κ2) is 5.42. The Kier molecular flexibility index (Phi) is 3.06. The first-order chi connectivity index (χ1) is 13.6. The molecule has 0 unspecified atom stereocenters. The van der Waals surface area contributed by atoms with Crippen LogP contribution >= 0.6 is 0 Å². The first-order valence-corrected chi connectivity index (χ1v) is 10.7. The molecule has 2 N–H and O–H groups in total. The van der Waals surface area contributed by atoms with Crippen LogP contribution in [0, 0.1) is 5.92 Å². The molecule has 2 aromatic heterocycles. The third-order valence-corrected chi connectivity index (χ3v) is 7.00. The lowest BCUT2D eigenvalue weighted by Crippen LogP contribution is -1.97. The van der Waals surface area contributed by atoms with Gasteiger partial charge in [0.1, 0.15) is 0 Å². The van der Waals surface area contributed by atoms with Gasteiger partial charge in [0.2, 0.25) is 9.84 Å². The van der Waals surface area contributed by atoms with Crippen molar-refractivity contribution >= 4 is 48.6 Å². The van der Waals surface area contributed by atoms with E-state index in [0.29, 0.717) is 10.8 Å². The zero-order valence-electron chi connectivity index (χ0n) is 14.8. The predicted octanol–water partition coefficient (Wildman–Crippen LogP) is 4.39. The molecule has 2 aromatic carbocycles. The molecular formula is C21H16N4O2S. The topological polar surface area (TPSA) is 87.7 Å². The fourth-order valence-corrected chi connectivity index (χ4v) is 5.46. The molecule has 2 aliphatic rings. The van der Waals surface area contributed by atoms with Gasteiger partial charge >= 0.3 is 0 Å². The highest BCUT2D eigenvalue weighted by atomic mass is 32.2. The quantitative estimate of drug-likeness (QED) is 0.543. The van der Waals surface area contributed by atoms with Gasteiger partial charge in [0.25, 0.3) is 0 Å². The highest BCUT2D eigenvalue weighted by molar-refractivity contribution is 7.95. The number of nitrogens with one attached hydrogen (secondary N) is 2. The van der Waals surface area contributed by atoms with Crippen LogP contribution in [0.2, 0.25) is 0 Å². The standard InChI is InChI=1S/C21H16N4O2S/c26-28(27)11-17(12-1-2-12)15-8-20-16(9-21(15)28)18(5-6-22-20)24-14-4-3-13-10-23-25-19(13)7-14/h3-12H,1-2H2,(H,22,24)(H,23,25). The number of pyridine rings is 1. The third-order valence-electron chi connectivity index (χ3n) is 5.48. The SMILES string of the molecule is O=S1(=O)C=C(C2CC2)c2cc3nccc(Nc4ccc5cn[nH]c5c4)c3cc21. The van der Waals surface area contributed by atoms with Crippen LogP contribution in [-0.4, -0.2) is 23.6 Å². The number of hydrogen-bond donors (Lipinski definition) is 2. The number of sulfone groups is 1. The summed E-state index contributed by atoms with van der Waals surface area (Å²) >= 11 is 0. The van der Waals surface area contributed by atoms with E-state index in [-0.39, 0.29) is 0 Å². The minimum Gasteiger partial charge on any atom is -0.355 e. The predicted molar refractivity (Wildman–Crippen MR) is 109 cm³/mol. The number of benzene rings is 2. The second-order valence-electron chi connectivity index (χ2n) is 7.41. The van der Waals surface area contributed by atoms with Crippen molar-refractivity contribution in [2.24, 2.45) is 5.92 Å². The Balaban J connectivity index is 1.49. The Morgan fingerprint density at radius 2 is 2.00 bits per heavy atom. The van der Waals surface area contributed by atoms with Crippen LogP contribution in [0.4, 0.5) is 11.4 Å². The molecule has 4 aromatic rings. The molecule has 6 nitrogen and oxygen atoms in total. The van der Waals surface area contributed by atoms with Crippen molar-refractivity contribution in [2.75, 3.05) is 5.32 Å². The summed E-state index contributed by atoms with van der Waals surface area (Å²) in [5.41, 5.74) is 5.20. The Bertz CT molecular complexity index is 1420. The van der Waals surface area contributed by atoms with Crippen LogP contribution in [0.5, 0.6) is 0 Å². The van der Waals surface area contributed by atoms with Crippen molar-refractivity contribution in [3.8, 4) is 0 Å². The van der Waals surface area contributed by atoms with E-state index in [2.05, 4.69) is 20.5 Å². The van der Waals surface area contributed by atoms with Crippen LogP contribution in [-0.2, 0) is 9.84 Å². The maximum atomic E-state index is 12.7.